The number of nitrogens with zero attached hydrogens (tertiary/aromatic N) is 1. The van der Waals surface area contributed by atoms with Crippen LogP contribution in [0.5, 0.6) is 0 Å². The number of carbonyl (C=O) groups is 1. The summed E-state index contributed by atoms with van der Waals surface area (Å²) in [6.07, 6.45) is 1.56. The zero-order valence-electron chi connectivity index (χ0n) is 11.9. The Labute approximate surface area is 128 Å². The fourth-order valence-electron chi connectivity index (χ4n) is 2.00. The number of anilines is 3. The first-order valence-corrected chi connectivity index (χ1v) is 6.96. The highest BCUT2D eigenvalue weighted by atomic mass is 16.1. The molecule has 0 saturated heterocycles. The van der Waals surface area contributed by atoms with E-state index < -0.39 is 0 Å². The Bertz CT molecular complexity index is 740. The number of nitrogens with one attached hydrogen (secondary N) is 2. The number of rotatable bonds is 4. The second kappa shape index (κ2) is 6.54. The molecule has 0 unspecified atom stereocenters. The Morgan fingerprint density at radius 3 is 2.00 bits per heavy atom. The number of carbonyl (C=O) groups excluding carboxylic acids is 1. The highest BCUT2D eigenvalue weighted by Crippen LogP contribution is 2.14. The molecule has 0 aliphatic heterocycles. The Morgan fingerprint density at radius 1 is 0.773 bits per heavy atom. The topological polar surface area (TPSA) is 54.0 Å². The van der Waals surface area contributed by atoms with E-state index in [1.54, 1.807) is 18.3 Å². The second-order valence-electron chi connectivity index (χ2n) is 4.74. The summed E-state index contributed by atoms with van der Waals surface area (Å²) in [5.41, 5.74) is 2.23. The molecular weight excluding hydrogens is 274 g/mol. The Kier molecular flexibility index (Phi) is 4.11. The van der Waals surface area contributed by atoms with Gasteiger partial charge in [-0.1, -0.05) is 36.4 Å². The molecule has 0 saturated carbocycles. The molecule has 22 heavy (non-hydrogen) atoms. The number of amides is 1. The van der Waals surface area contributed by atoms with Gasteiger partial charge in [0.25, 0.3) is 5.91 Å². The molecule has 0 bridgehead atoms. The van der Waals surface area contributed by atoms with Gasteiger partial charge in [-0.05, 0) is 36.4 Å². The van der Waals surface area contributed by atoms with Crippen molar-refractivity contribution >= 4 is 23.1 Å². The fourth-order valence-corrected chi connectivity index (χ4v) is 2.00. The van der Waals surface area contributed by atoms with Crippen LogP contribution in [0.25, 0.3) is 0 Å². The number of aromatic nitrogens is 1. The Balaban J connectivity index is 1.67. The van der Waals surface area contributed by atoms with Gasteiger partial charge in [0.05, 0.1) is 5.56 Å². The van der Waals surface area contributed by atoms with Crippen LogP contribution in [0.15, 0.2) is 79.0 Å². The first-order chi connectivity index (χ1) is 10.8. The number of hydrogen-bond donors (Lipinski definition) is 2. The fraction of sp³-hybridized carbons (Fsp3) is 0. The van der Waals surface area contributed by atoms with E-state index in [-0.39, 0.29) is 5.91 Å². The minimum absolute atomic E-state index is 0.176. The van der Waals surface area contributed by atoms with Crippen molar-refractivity contribution in [2.24, 2.45) is 0 Å². The summed E-state index contributed by atoms with van der Waals surface area (Å²) in [4.78, 5) is 16.4. The Hall–Kier alpha value is -3.14. The molecule has 1 heterocycles. The van der Waals surface area contributed by atoms with E-state index in [2.05, 4.69) is 15.6 Å². The molecule has 0 radical (unpaired) electrons. The maximum absolute atomic E-state index is 12.1. The molecule has 0 aliphatic rings. The first kappa shape index (κ1) is 13.8. The molecule has 108 valence electrons. The third-order valence-electron chi connectivity index (χ3n) is 3.10. The van der Waals surface area contributed by atoms with Crippen LogP contribution < -0.4 is 10.6 Å². The van der Waals surface area contributed by atoms with E-state index in [1.807, 2.05) is 60.7 Å². The zero-order chi connectivity index (χ0) is 15.2. The van der Waals surface area contributed by atoms with Crippen molar-refractivity contribution in [3.05, 3.63) is 84.6 Å². The van der Waals surface area contributed by atoms with E-state index in [0.29, 0.717) is 11.4 Å². The molecule has 3 aromatic rings. The lowest BCUT2D eigenvalue weighted by atomic mass is 10.2. The third kappa shape index (κ3) is 3.49. The third-order valence-corrected chi connectivity index (χ3v) is 3.10. The maximum Gasteiger partial charge on any atom is 0.257 e. The molecule has 2 aromatic carbocycles. The number of pyridine rings is 1. The Morgan fingerprint density at radius 2 is 1.41 bits per heavy atom. The molecule has 1 aromatic heterocycles. The van der Waals surface area contributed by atoms with Crippen LogP contribution in [0.1, 0.15) is 10.4 Å². The molecule has 3 rings (SSSR count). The monoisotopic (exact) mass is 289 g/mol. The van der Waals surface area contributed by atoms with Crippen LogP contribution >= 0.6 is 0 Å². The summed E-state index contributed by atoms with van der Waals surface area (Å²) in [5.74, 6) is 0.521. The highest BCUT2D eigenvalue weighted by molar-refractivity contribution is 6.04. The SMILES string of the molecule is O=C(Nc1ccccc1)c1ccc(Nc2ccccc2)nc1. The lowest BCUT2D eigenvalue weighted by molar-refractivity contribution is 0.102. The average Bonchev–Trinajstić information content (AvgIpc) is 2.57. The summed E-state index contributed by atoms with van der Waals surface area (Å²) in [6.45, 7) is 0. The van der Waals surface area contributed by atoms with Gasteiger partial charge in [-0.3, -0.25) is 4.79 Å². The average molecular weight is 289 g/mol. The van der Waals surface area contributed by atoms with Crippen molar-refractivity contribution in [2.75, 3.05) is 10.6 Å². The van der Waals surface area contributed by atoms with Crippen LogP contribution in [0.2, 0.25) is 0 Å². The summed E-state index contributed by atoms with van der Waals surface area (Å²) in [6, 6.07) is 22.6. The second-order valence-corrected chi connectivity index (χ2v) is 4.74. The summed E-state index contributed by atoms with van der Waals surface area (Å²) >= 11 is 0. The molecule has 4 nitrogen and oxygen atoms in total. The van der Waals surface area contributed by atoms with Crippen molar-refractivity contribution < 1.29 is 4.79 Å². The lowest BCUT2D eigenvalue weighted by Gasteiger charge is -2.07. The van der Waals surface area contributed by atoms with E-state index in [9.17, 15) is 4.79 Å². The molecular formula is C18H15N3O. The number of benzene rings is 2. The normalized spacial score (nSPS) is 10.0. The van der Waals surface area contributed by atoms with Crippen molar-refractivity contribution in [3.63, 3.8) is 0 Å². The van der Waals surface area contributed by atoms with E-state index in [4.69, 9.17) is 0 Å². The smallest absolute Gasteiger partial charge is 0.257 e. The predicted molar refractivity (Wildman–Crippen MR) is 88.4 cm³/mol. The van der Waals surface area contributed by atoms with Gasteiger partial charge in [0, 0.05) is 17.6 Å². The van der Waals surface area contributed by atoms with Gasteiger partial charge in [0.15, 0.2) is 0 Å². The molecule has 0 atom stereocenters. The molecule has 0 aliphatic carbocycles. The molecule has 4 heteroatoms. The van der Waals surface area contributed by atoms with Crippen LogP contribution in [-0.4, -0.2) is 10.9 Å². The van der Waals surface area contributed by atoms with Crippen molar-refractivity contribution in [2.45, 2.75) is 0 Å². The van der Waals surface area contributed by atoms with Gasteiger partial charge in [-0.15, -0.1) is 0 Å². The molecule has 0 spiro atoms. The number of para-hydroxylation sites is 2. The summed E-state index contributed by atoms with van der Waals surface area (Å²) in [7, 11) is 0. The van der Waals surface area contributed by atoms with Crippen molar-refractivity contribution in [3.8, 4) is 0 Å². The molecule has 1 amide bonds. The van der Waals surface area contributed by atoms with Gasteiger partial charge >= 0.3 is 0 Å². The predicted octanol–water partition coefficient (Wildman–Crippen LogP) is 4.08. The molecule has 0 fully saturated rings. The van der Waals surface area contributed by atoms with Crippen LogP contribution in [0.4, 0.5) is 17.2 Å². The van der Waals surface area contributed by atoms with Gasteiger partial charge in [0.1, 0.15) is 5.82 Å². The van der Waals surface area contributed by atoms with Gasteiger partial charge in [0.2, 0.25) is 0 Å². The minimum atomic E-state index is -0.176. The number of hydrogen-bond acceptors (Lipinski definition) is 3. The lowest BCUT2D eigenvalue weighted by Crippen LogP contribution is -2.12. The quantitative estimate of drug-likeness (QED) is 0.761. The first-order valence-electron chi connectivity index (χ1n) is 6.96. The zero-order valence-corrected chi connectivity index (χ0v) is 11.9. The summed E-state index contributed by atoms with van der Waals surface area (Å²) in [5, 5.41) is 6.00. The maximum atomic E-state index is 12.1. The molecule has 2 N–H and O–H groups in total. The van der Waals surface area contributed by atoms with E-state index >= 15 is 0 Å². The van der Waals surface area contributed by atoms with E-state index in [1.165, 1.54) is 0 Å². The summed E-state index contributed by atoms with van der Waals surface area (Å²) < 4.78 is 0. The standard InChI is InChI=1S/C18H15N3O/c22-18(21-16-9-5-2-6-10-16)14-11-12-17(19-13-14)20-15-7-3-1-4-8-15/h1-13H,(H,19,20)(H,21,22). The van der Waals surface area contributed by atoms with Crippen molar-refractivity contribution in [1.29, 1.82) is 0 Å². The van der Waals surface area contributed by atoms with Crippen LogP contribution in [0, 0.1) is 0 Å². The van der Waals surface area contributed by atoms with Crippen molar-refractivity contribution in [1.82, 2.24) is 4.98 Å². The highest BCUT2D eigenvalue weighted by Gasteiger charge is 2.06. The van der Waals surface area contributed by atoms with Crippen LogP contribution in [0.3, 0.4) is 0 Å². The van der Waals surface area contributed by atoms with Crippen LogP contribution in [-0.2, 0) is 0 Å². The van der Waals surface area contributed by atoms with Gasteiger partial charge in [-0.25, -0.2) is 4.98 Å². The van der Waals surface area contributed by atoms with Gasteiger partial charge < -0.3 is 10.6 Å². The van der Waals surface area contributed by atoms with E-state index in [0.717, 1.165) is 11.4 Å². The minimum Gasteiger partial charge on any atom is -0.340 e. The van der Waals surface area contributed by atoms with Gasteiger partial charge in [-0.2, -0.15) is 0 Å². The largest absolute Gasteiger partial charge is 0.340 e.